The van der Waals surface area contributed by atoms with Crippen molar-refractivity contribution in [3.63, 3.8) is 0 Å². The summed E-state index contributed by atoms with van der Waals surface area (Å²) in [5.74, 6) is -1.64. The normalized spacial score (nSPS) is 22.5. The number of hydrogen-bond acceptors (Lipinski definition) is 5. The molecule has 2 fully saturated rings. The molecule has 0 amide bonds. The minimum Gasteiger partial charge on any atom is -0.497 e. The number of methoxy groups -OCH3 is 1. The number of benzene rings is 2. The molecule has 190 valence electrons. The lowest BCUT2D eigenvalue weighted by molar-refractivity contribution is -0.169. The van der Waals surface area contributed by atoms with Gasteiger partial charge in [-0.05, 0) is 49.2 Å². The summed E-state index contributed by atoms with van der Waals surface area (Å²) in [6.45, 7) is 1.48. The Morgan fingerprint density at radius 3 is 2.49 bits per heavy atom. The van der Waals surface area contributed by atoms with Crippen LogP contribution in [0.2, 0.25) is 0 Å². The van der Waals surface area contributed by atoms with Crippen molar-refractivity contribution in [3.8, 4) is 11.5 Å². The van der Waals surface area contributed by atoms with Gasteiger partial charge >= 0.3 is 12.1 Å². The van der Waals surface area contributed by atoms with E-state index >= 15 is 0 Å². The van der Waals surface area contributed by atoms with Crippen molar-refractivity contribution in [1.82, 2.24) is 0 Å². The zero-order valence-corrected chi connectivity index (χ0v) is 19.3. The second kappa shape index (κ2) is 10.2. The summed E-state index contributed by atoms with van der Waals surface area (Å²) in [5.41, 5.74) is 1.03. The molecular formula is C25H28F4N2O4. The highest BCUT2D eigenvalue weighted by molar-refractivity contribution is 5.69. The van der Waals surface area contributed by atoms with E-state index < -0.39 is 24.1 Å². The molecule has 4 rings (SSSR count). The van der Waals surface area contributed by atoms with Gasteiger partial charge in [-0.25, -0.2) is 4.39 Å². The molecule has 0 aromatic heterocycles. The first-order valence-corrected chi connectivity index (χ1v) is 11.5. The van der Waals surface area contributed by atoms with Gasteiger partial charge in [0.25, 0.3) is 0 Å². The highest BCUT2D eigenvalue weighted by atomic mass is 19.4. The number of rotatable bonds is 8. The average Bonchev–Trinajstić information content (AvgIpc) is 3.45. The van der Waals surface area contributed by atoms with Gasteiger partial charge in [0.2, 0.25) is 0 Å². The highest BCUT2D eigenvalue weighted by Gasteiger charge is 2.47. The lowest BCUT2D eigenvalue weighted by atomic mass is 10.0. The van der Waals surface area contributed by atoms with Gasteiger partial charge < -0.3 is 24.4 Å². The van der Waals surface area contributed by atoms with Crippen LogP contribution in [0.25, 0.3) is 0 Å². The number of aliphatic carboxylic acids is 1. The Hall–Kier alpha value is -3.17. The Labute approximate surface area is 201 Å². The Bertz CT molecular complexity index is 1030. The molecule has 0 spiro atoms. The zero-order chi connectivity index (χ0) is 25.2. The molecule has 2 aliphatic rings. The maximum Gasteiger partial charge on any atom is 0.393 e. The Kier molecular flexibility index (Phi) is 7.28. The second-order valence-electron chi connectivity index (χ2n) is 9.10. The molecule has 0 aliphatic carbocycles. The van der Waals surface area contributed by atoms with Gasteiger partial charge in [-0.15, -0.1) is 0 Å². The fourth-order valence-electron chi connectivity index (χ4n) is 4.86. The second-order valence-corrected chi connectivity index (χ2v) is 9.10. The lowest BCUT2D eigenvalue weighted by Gasteiger charge is -2.26. The van der Waals surface area contributed by atoms with Crippen molar-refractivity contribution >= 4 is 17.3 Å². The minimum absolute atomic E-state index is 0.186. The van der Waals surface area contributed by atoms with Crippen molar-refractivity contribution in [3.05, 3.63) is 48.3 Å². The van der Waals surface area contributed by atoms with Gasteiger partial charge in [0.1, 0.15) is 17.3 Å². The predicted octanol–water partition coefficient (Wildman–Crippen LogP) is 4.97. The van der Waals surface area contributed by atoms with E-state index in [0.717, 1.165) is 6.42 Å². The number of carbonyl (C=O) groups is 1. The number of alkyl halides is 3. The third-order valence-electron chi connectivity index (χ3n) is 6.72. The maximum atomic E-state index is 14.3. The molecule has 35 heavy (non-hydrogen) atoms. The van der Waals surface area contributed by atoms with E-state index in [2.05, 4.69) is 0 Å². The smallest absolute Gasteiger partial charge is 0.393 e. The molecule has 3 atom stereocenters. The molecule has 2 heterocycles. The predicted molar refractivity (Wildman–Crippen MR) is 123 cm³/mol. The topological polar surface area (TPSA) is 62.2 Å². The van der Waals surface area contributed by atoms with Crippen LogP contribution in [0.1, 0.15) is 19.3 Å². The summed E-state index contributed by atoms with van der Waals surface area (Å²) in [7, 11) is 1.54. The fourth-order valence-corrected chi connectivity index (χ4v) is 4.86. The largest absolute Gasteiger partial charge is 0.497 e. The van der Waals surface area contributed by atoms with E-state index in [1.165, 1.54) is 18.1 Å². The minimum atomic E-state index is -4.36. The number of anilines is 2. The van der Waals surface area contributed by atoms with Crippen molar-refractivity contribution < 1.29 is 36.9 Å². The van der Waals surface area contributed by atoms with Crippen molar-refractivity contribution in [2.24, 2.45) is 11.8 Å². The van der Waals surface area contributed by atoms with Gasteiger partial charge in [-0.2, -0.15) is 13.2 Å². The maximum absolute atomic E-state index is 14.3. The Morgan fingerprint density at radius 1 is 1.11 bits per heavy atom. The SMILES string of the molecule is COc1ccc(F)c(N2CC[C@@H](COc3ccc(N4C[C@H](C(F)(F)F)C[C@@H]4CC(=O)O)cc3)C2)c1. The van der Waals surface area contributed by atoms with E-state index in [1.807, 2.05) is 4.90 Å². The van der Waals surface area contributed by atoms with Crippen molar-refractivity contribution in [2.45, 2.75) is 31.5 Å². The van der Waals surface area contributed by atoms with Gasteiger partial charge in [0.05, 0.1) is 31.7 Å². The molecule has 10 heteroatoms. The van der Waals surface area contributed by atoms with Gasteiger partial charge in [-0.3, -0.25) is 4.79 Å². The Morgan fingerprint density at radius 2 is 1.83 bits per heavy atom. The van der Waals surface area contributed by atoms with Gasteiger partial charge in [0, 0.05) is 43.3 Å². The number of nitrogens with zero attached hydrogens (tertiary/aromatic N) is 2. The van der Waals surface area contributed by atoms with Crippen LogP contribution in [0.4, 0.5) is 28.9 Å². The van der Waals surface area contributed by atoms with E-state index in [1.54, 1.807) is 36.4 Å². The number of ether oxygens (including phenoxy) is 2. The quantitative estimate of drug-likeness (QED) is 0.521. The molecule has 2 aliphatic heterocycles. The van der Waals surface area contributed by atoms with E-state index in [4.69, 9.17) is 14.6 Å². The molecule has 2 aromatic carbocycles. The van der Waals surface area contributed by atoms with Crippen LogP contribution >= 0.6 is 0 Å². The van der Waals surface area contributed by atoms with Crippen LogP contribution in [0, 0.1) is 17.7 Å². The third-order valence-corrected chi connectivity index (χ3v) is 6.72. The number of carboxylic acids is 1. The van der Waals surface area contributed by atoms with E-state index in [0.29, 0.717) is 42.6 Å². The van der Waals surface area contributed by atoms with Crippen LogP contribution in [0.3, 0.4) is 0 Å². The molecule has 2 aromatic rings. The van der Waals surface area contributed by atoms with Crippen LogP contribution in [-0.4, -0.2) is 56.6 Å². The fraction of sp³-hybridized carbons (Fsp3) is 0.480. The zero-order valence-electron chi connectivity index (χ0n) is 19.3. The average molecular weight is 497 g/mol. The van der Waals surface area contributed by atoms with Crippen LogP contribution in [0.5, 0.6) is 11.5 Å². The van der Waals surface area contributed by atoms with Crippen LogP contribution in [-0.2, 0) is 4.79 Å². The molecule has 2 saturated heterocycles. The lowest BCUT2D eigenvalue weighted by Crippen LogP contribution is -2.32. The third kappa shape index (κ3) is 5.91. The molecule has 0 saturated carbocycles. The van der Waals surface area contributed by atoms with Crippen molar-refractivity contribution in [1.29, 1.82) is 0 Å². The molecule has 6 nitrogen and oxygen atoms in total. The molecule has 0 bridgehead atoms. The standard InChI is InChI=1S/C25H28F4N2O4/c1-34-21-6-7-22(26)23(12-21)30-9-8-16(13-30)15-35-20-4-2-18(3-5-20)31-14-17(25(27,28)29)10-19(31)11-24(32)33/h2-7,12,16-17,19H,8-11,13-15H2,1H3,(H,32,33)/t16-,17-,19-/m1/s1. The Balaban J connectivity index is 1.34. The first kappa shape index (κ1) is 24.9. The monoisotopic (exact) mass is 496 g/mol. The summed E-state index contributed by atoms with van der Waals surface area (Å²) < 4.78 is 65.1. The number of halogens is 4. The number of hydrogen-bond donors (Lipinski definition) is 1. The molecule has 0 unspecified atom stereocenters. The van der Waals surface area contributed by atoms with Crippen molar-refractivity contribution in [2.75, 3.05) is 43.2 Å². The first-order valence-electron chi connectivity index (χ1n) is 11.5. The molecule has 0 radical (unpaired) electrons. The van der Waals surface area contributed by atoms with Crippen LogP contribution < -0.4 is 19.3 Å². The summed E-state index contributed by atoms with van der Waals surface area (Å²) in [6.07, 6.45) is -4.12. The first-order chi connectivity index (χ1) is 16.6. The molecular weight excluding hydrogens is 468 g/mol. The molecule has 1 N–H and O–H groups in total. The highest BCUT2D eigenvalue weighted by Crippen LogP contribution is 2.40. The summed E-state index contributed by atoms with van der Waals surface area (Å²) in [5, 5.41) is 9.12. The summed E-state index contributed by atoms with van der Waals surface area (Å²) in [4.78, 5) is 14.6. The van der Waals surface area contributed by atoms with E-state index in [-0.39, 0.29) is 31.1 Å². The van der Waals surface area contributed by atoms with Crippen LogP contribution in [0.15, 0.2) is 42.5 Å². The summed E-state index contributed by atoms with van der Waals surface area (Å²) >= 11 is 0. The summed E-state index contributed by atoms with van der Waals surface area (Å²) in [6, 6.07) is 10.6. The number of carboxylic acid groups (broad SMARTS) is 1. The van der Waals surface area contributed by atoms with Gasteiger partial charge in [-0.1, -0.05) is 0 Å². The van der Waals surface area contributed by atoms with Gasteiger partial charge in [0.15, 0.2) is 0 Å². The van der Waals surface area contributed by atoms with E-state index in [9.17, 15) is 22.4 Å².